The zero-order valence-corrected chi connectivity index (χ0v) is 19.4. The van der Waals surface area contributed by atoms with Crippen molar-refractivity contribution < 1.29 is 17.9 Å². The largest absolute Gasteiger partial charge is 0.363 e. The lowest BCUT2D eigenvalue weighted by atomic mass is 9.90. The second-order valence-electron chi connectivity index (χ2n) is 8.72. The van der Waals surface area contributed by atoms with Crippen molar-refractivity contribution in [2.45, 2.75) is 30.3 Å². The van der Waals surface area contributed by atoms with E-state index >= 15 is 0 Å². The van der Waals surface area contributed by atoms with E-state index in [1.54, 1.807) is 23.2 Å². The molecule has 1 aromatic heterocycles. The maximum Gasteiger partial charge on any atom is 0.248 e. The molecule has 0 radical (unpaired) electrons. The SMILES string of the molecule is CCN1CC2(CCN(S(=O)(=O)c3ccc(-c4ccc5cccnc5c4)cc3)CC2)OCC1=O. The zero-order chi connectivity index (χ0) is 23.1. The maximum absolute atomic E-state index is 13.3. The highest BCUT2D eigenvalue weighted by molar-refractivity contribution is 7.89. The molecule has 2 saturated heterocycles. The van der Waals surface area contributed by atoms with Crippen molar-refractivity contribution in [3.63, 3.8) is 0 Å². The van der Waals surface area contributed by atoms with Crippen LogP contribution in [0, 0.1) is 0 Å². The first-order valence-electron chi connectivity index (χ1n) is 11.3. The van der Waals surface area contributed by atoms with Gasteiger partial charge in [0.2, 0.25) is 15.9 Å². The van der Waals surface area contributed by atoms with Gasteiger partial charge in [-0.15, -0.1) is 0 Å². The quantitative estimate of drug-likeness (QED) is 0.591. The summed E-state index contributed by atoms with van der Waals surface area (Å²) in [4.78, 5) is 18.4. The van der Waals surface area contributed by atoms with Crippen molar-refractivity contribution in [3.8, 4) is 11.1 Å². The van der Waals surface area contributed by atoms with Crippen LogP contribution in [0.4, 0.5) is 0 Å². The van der Waals surface area contributed by atoms with Gasteiger partial charge in [0.25, 0.3) is 0 Å². The zero-order valence-electron chi connectivity index (χ0n) is 18.6. The number of ether oxygens (including phenoxy) is 1. The number of fused-ring (bicyclic) bond motifs is 1. The maximum atomic E-state index is 13.3. The minimum atomic E-state index is -3.60. The number of carbonyl (C=O) groups excluding carboxylic acids is 1. The van der Waals surface area contributed by atoms with Gasteiger partial charge >= 0.3 is 0 Å². The molecule has 5 rings (SSSR count). The number of sulfonamides is 1. The standard InChI is InChI=1S/C25H27N3O4S/c1-2-27-18-25(32-17-24(27)29)11-14-28(15-12-25)33(30,31)22-9-7-19(8-10-22)21-6-5-20-4-3-13-26-23(20)16-21/h3-10,13,16H,2,11-12,14-15,17-18H2,1H3. The first kappa shape index (κ1) is 22.0. The molecule has 0 N–H and O–H groups in total. The van der Waals surface area contributed by atoms with Crippen LogP contribution in [0.25, 0.3) is 22.0 Å². The number of carbonyl (C=O) groups is 1. The minimum Gasteiger partial charge on any atom is -0.363 e. The van der Waals surface area contributed by atoms with Crippen molar-refractivity contribution in [1.29, 1.82) is 0 Å². The van der Waals surface area contributed by atoms with Crippen LogP contribution in [0.5, 0.6) is 0 Å². The Morgan fingerprint density at radius 2 is 1.76 bits per heavy atom. The third-order valence-corrected chi connectivity index (χ3v) is 8.69. The molecule has 3 aromatic rings. The van der Waals surface area contributed by atoms with E-state index in [1.807, 2.05) is 49.4 Å². The molecule has 2 aliphatic heterocycles. The van der Waals surface area contributed by atoms with E-state index in [4.69, 9.17) is 4.74 Å². The summed E-state index contributed by atoms with van der Waals surface area (Å²) in [5, 5.41) is 1.07. The molecule has 2 aliphatic rings. The first-order chi connectivity index (χ1) is 15.9. The molecule has 2 aromatic carbocycles. The van der Waals surface area contributed by atoms with Crippen LogP contribution in [-0.2, 0) is 19.6 Å². The molecular weight excluding hydrogens is 438 g/mol. The molecule has 0 unspecified atom stereocenters. The Labute approximate surface area is 194 Å². The summed E-state index contributed by atoms with van der Waals surface area (Å²) in [6, 6.07) is 17.0. The van der Waals surface area contributed by atoms with Gasteiger partial charge in [-0.3, -0.25) is 9.78 Å². The summed E-state index contributed by atoms with van der Waals surface area (Å²) in [5.41, 5.74) is 2.40. The average molecular weight is 466 g/mol. The first-order valence-corrected chi connectivity index (χ1v) is 12.7. The summed E-state index contributed by atoms with van der Waals surface area (Å²) in [7, 11) is -3.60. The number of piperidine rings is 1. The Morgan fingerprint density at radius 3 is 2.48 bits per heavy atom. The number of aromatic nitrogens is 1. The Balaban J connectivity index is 1.31. The monoisotopic (exact) mass is 465 g/mol. The number of hydrogen-bond donors (Lipinski definition) is 0. The van der Waals surface area contributed by atoms with Gasteiger partial charge in [-0.25, -0.2) is 8.42 Å². The smallest absolute Gasteiger partial charge is 0.248 e. The highest BCUT2D eigenvalue weighted by Gasteiger charge is 2.44. The van der Waals surface area contributed by atoms with Crippen molar-refractivity contribution in [3.05, 3.63) is 60.8 Å². The molecule has 1 spiro atoms. The predicted octanol–water partition coefficient (Wildman–Crippen LogP) is 3.30. The average Bonchev–Trinajstić information content (AvgIpc) is 2.86. The Hall–Kier alpha value is -2.81. The fraction of sp³-hybridized carbons (Fsp3) is 0.360. The normalized spacial score (nSPS) is 19.3. The van der Waals surface area contributed by atoms with Gasteiger partial charge in [0.15, 0.2) is 0 Å². The topological polar surface area (TPSA) is 79.8 Å². The molecule has 7 nitrogen and oxygen atoms in total. The number of benzene rings is 2. The van der Waals surface area contributed by atoms with E-state index in [9.17, 15) is 13.2 Å². The van der Waals surface area contributed by atoms with E-state index in [-0.39, 0.29) is 17.4 Å². The molecule has 0 atom stereocenters. The van der Waals surface area contributed by atoms with Crippen LogP contribution in [0.15, 0.2) is 65.7 Å². The van der Waals surface area contributed by atoms with Gasteiger partial charge in [0, 0.05) is 37.8 Å². The van der Waals surface area contributed by atoms with Crippen LogP contribution in [0.2, 0.25) is 0 Å². The highest BCUT2D eigenvalue weighted by atomic mass is 32.2. The van der Waals surface area contributed by atoms with Crippen LogP contribution >= 0.6 is 0 Å². The number of amides is 1. The highest BCUT2D eigenvalue weighted by Crippen LogP contribution is 2.33. The van der Waals surface area contributed by atoms with Gasteiger partial charge in [0.1, 0.15) is 6.61 Å². The number of morpholine rings is 1. The van der Waals surface area contributed by atoms with Crippen LogP contribution < -0.4 is 0 Å². The minimum absolute atomic E-state index is 0.000427. The molecule has 8 heteroatoms. The molecular formula is C25H27N3O4S. The fourth-order valence-corrected chi connectivity index (χ4v) is 6.17. The van der Waals surface area contributed by atoms with Crippen molar-refractivity contribution in [2.24, 2.45) is 0 Å². The second kappa shape index (κ2) is 8.52. The van der Waals surface area contributed by atoms with Crippen LogP contribution in [0.1, 0.15) is 19.8 Å². The number of likely N-dealkylation sites (N-methyl/N-ethyl adjacent to an activating group) is 1. The molecule has 2 fully saturated rings. The Bertz CT molecular complexity index is 1280. The molecule has 33 heavy (non-hydrogen) atoms. The molecule has 0 bridgehead atoms. The number of hydrogen-bond acceptors (Lipinski definition) is 5. The van der Waals surface area contributed by atoms with Gasteiger partial charge in [0.05, 0.1) is 16.0 Å². The van der Waals surface area contributed by atoms with E-state index in [0.29, 0.717) is 39.0 Å². The Morgan fingerprint density at radius 1 is 1.03 bits per heavy atom. The summed E-state index contributed by atoms with van der Waals surface area (Å²) >= 11 is 0. The van der Waals surface area contributed by atoms with Crippen molar-refractivity contribution >= 4 is 26.8 Å². The summed E-state index contributed by atoms with van der Waals surface area (Å²) in [6.07, 6.45) is 2.93. The molecule has 3 heterocycles. The summed E-state index contributed by atoms with van der Waals surface area (Å²) in [5.74, 6) is 0.000427. The van der Waals surface area contributed by atoms with E-state index in [1.165, 1.54) is 4.31 Å². The van der Waals surface area contributed by atoms with E-state index in [0.717, 1.165) is 22.0 Å². The van der Waals surface area contributed by atoms with Gasteiger partial charge in [-0.05, 0) is 55.2 Å². The fourth-order valence-electron chi connectivity index (χ4n) is 4.73. The lowest BCUT2D eigenvalue weighted by Gasteiger charge is -2.46. The summed E-state index contributed by atoms with van der Waals surface area (Å²) in [6.45, 7) is 3.97. The molecule has 0 saturated carbocycles. The molecule has 1 amide bonds. The van der Waals surface area contributed by atoms with Gasteiger partial charge in [-0.1, -0.05) is 30.3 Å². The van der Waals surface area contributed by atoms with Gasteiger partial charge in [-0.2, -0.15) is 4.31 Å². The lowest BCUT2D eigenvalue weighted by Crippen LogP contribution is -2.59. The second-order valence-corrected chi connectivity index (χ2v) is 10.7. The van der Waals surface area contributed by atoms with Crippen LogP contribution in [0.3, 0.4) is 0 Å². The molecule has 172 valence electrons. The lowest BCUT2D eigenvalue weighted by molar-refractivity contribution is -0.169. The molecule has 0 aliphatic carbocycles. The number of nitrogens with zero attached hydrogens (tertiary/aromatic N) is 3. The van der Waals surface area contributed by atoms with Crippen molar-refractivity contribution in [1.82, 2.24) is 14.2 Å². The van der Waals surface area contributed by atoms with Crippen molar-refractivity contribution in [2.75, 3.05) is 32.8 Å². The van der Waals surface area contributed by atoms with E-state index < -0.39 is 15.6 Å². The number of rotatable bonds is 4. The third kappa shape index (κ3) is 4.14. The Kier molecular flexibility index (Phi) is 5.68. The summed E-state index contributed by atoms with van der Waals surface area (Å²) < 4.78 is 34.0. The van der Waals surface area contributed by atoms with Crippen LogP contribution in [-0.4, -0.2) is 66.9 Å². The van der Waals surface area contributed by atoms with Gasteiger partial charge < -0.3 is 9.64 Å². The third-order valence-electron chi connectivity index (χ3n) is 6.78. The predicted molar refractivity (Wildman–Crippen MR) is 126 cm³/mol. The number of pyridine rings is 1. The van der Waals surface area contributed by atoms with E-state index in [2.05, 4.69) is 4.98 Å².